The van der Waals surface area contributed by atoms with E-state index in [9.17, 15) is 23.2 Å². The Balaban J connectivity index is 2.55. The van der Waals surface area contributed by atoms with E-state index < -0.39 is 39.9 Å². The second-order valence-electron chi connectivity index (χ2n) is 5.60. The maximum absolute atomic E-state index is 14.2. The fraction of sp³-hybridized carbons (Fsp3) is 0.176. The maximum atomic E-state index is 14.2. The van der Waals surface area contributed by atoms with Gasteiger partial charge in [-0.2, -0.15) is 0 Å². The zero-order valence-corrected chi connectivity index (χ0v) is 18.7. The van der Waals surface area contributed by atoms with Crippen LogP contribution in [-0.2, 0) is 16.1 Å². The number of carbonyl (C=O) groups excluding carboxylic acids is 3. The van der Waals surface area contributed by atoms with E-state index >= 15 is 0 Å². The highest BCUT2D eigenvalue weighted by Crippen LogP contribution is 2.28. The number of carbonyl (C=O) groups is 3. The molecule has 30 heavy (non-hydrogen) atoms. The fourth-order valence-corrected chi connectivity index (χ4v) is 2.68. The smallest absolute Gasteiger partial charge is 0.341 e. The maximum Gasteiger partial charge on any atom is 0.341 e. The third kappa shape index (κ3) is 6.00. The van der Waals surface area contributed by atoms with Crippen LogP contribution >= 0.6 is 50.7 Å². The number of amides is 3. The van der Waals surface area contributed by atoms with Crippen LogP contribution in [0.2, 0.25) is 0 Å². The molecule has 0 unspecified atom stereocenters. The minimum atomic E-state index is -2.47. The van der Waals surface area contributed by atoms with E-state index in [1.807, 2.05) is 5.32 Å². The monoisotopic (exact) mass is 543 g/mol. The number of benzene rings is 1. The Hall–Kier alpha value is -2.01. The molecular formula is C17H11BrCl3F2N3O4. The lowest BCUT2D eigenvalue weighted by atomic mass is 10.1. The molecule has 3 amide bonds. The minimum Gasteiger partial charge on any atom is -0.465 e. The van der Waals surface area contributed by atoms with E-state index in [2.05, 4.69) is 25.7 Å². The molecular weight excluding hydrogens is 534 g/mol. The molecule has 160 valence electrons. The Morgan fingerprint density at radius 3 is 2.47 bits per heavy atom. The molecule has 0 atom stereocenters. The van der Waals surface area contributed by atoms with Crippen molar-refractivity contribution in [2.45, 2.75) is 10.3 Å². The molecule has 2 rings (SSSR count). The number of rotatable bonds is 4. The Bertz CT molecular complexity index is 1000. The summed E-state index contributed by atoms with van der Waals surface area (Å²) in [7, 11) is 1.10. The third-order valence-corrected chi connectivity index (χ3v) is 4.51. The van der Waals surface area contributed by atoms with E-state index in [0.29, 0.717) is 10.5 Å². The van der Waals surface area contributed by atoms with Gasteiger partial charge in [-0.15, -0.1) is 0 Å². The Morgan fingerprint density at radius 1 is 1.23 bits per heavy atom. The fourth-order valence-electron chi connectivity index (χ4n) is 2.21. The topological polar surface area (TPSA) is 88.6 Å². The van der Waals surface area contributed by atoms with Gasteiger partial charge in [-0.25, -0.2) is 23.4 Å². The van der Waals surface area contributed by atoms with Crippen molar-refractivity contribution < 1.29 is 27.9 Å². The number of urea groups is 1. The van der Waals surface area contributed by atoms with Gasteiger partial charge >= 0.3 is 12.0 Å². The molecule has 13 heteroatoms. The summed E-state index contributed by atoms with van der Waals surface area (Å²) in [4.78, 5) is 41.6. The number of anilines is 1. The summed E-state index contributed by atoms with van der Waals surface area (Å²) in [5.41, 5.74) is -0.334. The summed E-state index contributed by atoms with van der Waals surface area (Å²) in [5.74, 6) is -4.26. The van der Waals surface area contributed by atoms with E-state index in [-0.39, 0.29) is 16.9 Å². The molecule has 0 aliphatic carbocycles. The molecule has 1 N–H and O–H groups in total. The predicted octanol–water partition coefficient (Wildman–Crippen LogP) is 4.52. The highest BCUT2D eigenvalue weighted by atomic mass is 79.9. The summed E-state index contributed by atoms with van der Waals surface area (Å²) in [6.07, 6.45) is 1.25. The highest BCUT2D eigenvalue weighted by Gasteiger charge is 2.34. The first-order valence-corrected chi connectivity index (χ1v) is 9.74. The van der Waals surface area contributed by atoms with Crippen molar-refractivity contribution in [1.82, 2.24) is 10.3 Å². The van der Waals surface area contributed by atoms with Crippen LogP contribution in [-0.4, -0.2) is 33.8 Å². The number of ether oxygens (including phenoxy) is 1. The van der Waals surface area contributed by atoms with Gasteiger partial charge in [0.2, 0.25) is 0 Å². The molecule has 2 aromatic rings. The van der Waals surface area contributed by atoms with Crippen LogP contribution in [0.1, 0.15) is 15.9 Å². The van der Waals surface area contributed by atoms with Gasteiger partial charge in [0.1, 0.15) is 17.2 Å². The summed E-state index contributed by atoms with van der Waals surface area (Å²) in [5, 5.41) is 1.82. The van der Waals surface area contributed by atoms with Gasteiger partial charge in [0.25, 0.3) is 9.70 Å². The number of methoxy groups -OCH3 is 1. The van der Waals surface area contributed by atoms with Crippen molar-refractivity contribution in [3.05, 3.63) is 57.7 Å². The van der Waals surface area contributed by atoms with Crippen LogP contribution in [0.3, 0.4) is 0 Å². The lowest BCUT2D eigenvalue weighted by Gasteiger charge is -2.24. The lowest BCUT2D eigenvalue weighted by Crippen LogP contribution is -2.47. The lowest BCUT2D eigenvalue weighted by molar-refractivity contribution is -0.119. The molecule has 0 aliphatic heterocycles. The molecule has 0 saturated heterocycles. The number of hydrogen-bond acceptors (Lipinski definition) is 5. The molecule has 7 nitrogen and oxygen atoms in total. The number of esters is 1. The van der Waals surface area contributed by atoms with E-state index in [1.54, 1.807) is 0 Å². The third-order valence-electron chi connectivity index (χ3n) is 3.56. The van der Waals surface area contributed by atoms with Crippen molar-refractivity contribution in [3.63, 3.8) is 0 Å². The minimum absolute atomic E-state index is 0.145. The first-order chi connectivity index (χ1) is 13.9. The average molecular weight is 546 g/mol. The van der Waals surface area contributed by atoms with Gasteiger partial charge in [-0.3, -0.25) is 15.0 Å². The number of nitrogens with one attached hydrogen (secondary N) is 1. The van der Waals surface area contributed by atoms with Crippen LogP contribution in [0.15, 0.2) is 34.9 Å². The van der Waals surface area contributed by atoms with Crippen molar-refractivity contribution in [2.24, 2.45) is 0 Å². The van der Waals surface area contributed by atoms with Crippen molar-refractivity contribution in [3.8, 4) is 0 Å². The van der Waals surface area contributed by atoms with Gasteiger partial charge in [0.05, 0.1) is 13.7 Å². The zero-order chi connectivity index (χ0) is 22.6. The van der Waals surface area contributed by atoms with E-state index in [1.165, 1.54) is 12.3 Å². The van der Waals surface area contributed by atoms with Crippen LogP contribution in [0, 0.1) is 11.6 Å². The summed E-state index contributed by atoms with van der Waals surface area (Å²) < 4.78 is 30.0. The molecule has 0 aliphatic rings. The van der Waals surface area contributed by atoms with Gasteiger partial charge in [-0.1, -0.05) is 40.9 Å². The molecule has 1 aromatic carbocycles. The van der Waals surface area contributed by atoms with Crippen LogP contribution < -0.4 is 10.2 Å². The molecule has 0 bridgehead atoms. The van der Waals surface area contributed by atoms with Crippen LogP contribution in [0.5, 0.6) is 0 Å². The molecule has 0 saturated carbocycles. The highest BCUT2D eigenvalue weighted by molar-refractivity contribution is 9.10. The van der Waals surface area contributed by atoms with Gasteiger partial charge in [-0.05, 0) is 28.1 Å². The summed E-state index contributed by atoms with van der Waals surface area (Å²) in [6.45, 7) is -0.552. The second kappa shape index (κ2) is 9.86. The Labute approximate surface area is 192 Å². The van der Waals surface area contributed by atoms with Gasteiger partial charge in [0, 0.05) is 22.3 Å². The molecule has 0 fully saturated rings. The first kappa shape index (κ1) is 24.3. The predicted molar refractivity (Wildman–Crippen MR) is 110 cm³/mol. The zero-order valence-electron chi connectivity index (χ0n) is 14.9. The number of pyridine rings is 1. The van der Waals surface area contributed by atoms with Gasteiger partial charge < -0.3 is 4.74 Å². The van der Waals surface area contributed by atoms with Crippen molar-refractivity contribution in [2.75, 3.05) is 12.0 Å². The average Bonchev–Trinajstić information content (AvgIpc) is 2.66. The molecule has 0 radical (unpaired) electrons. The number of halogens is 6. The van der Waals surface area contributed by atoms with Crippen LogP contribution in [0.25, 0.3) is 0 Å². The normalized spacial score (nSPS) is 11.0. The quantitative estimate of drug-likeness (QED) is 0.451. The van der Waals surface area contributed by atoms with Crippen LogP contribution in [0.4, 0.5) is 19.4 Å². The number of nitrogens with zero attached hydrogens (tertiary/aromatic N) is 2. The standard InChI is InChI=1S/C17H11BrCl3F2N3O4/c1-30-14(27)11-4-9(18)6-24-13(11)26(16(29)25-15(28)17(19,20)21)7-8-2-3-10(22)5-12(8)23/h2-6H,7H2,1H3,(H,25,28,29). The number of hydrogen-bond donors (Lipinski definition) is 1. The summed E-state index contributed by atoms with van der Waals surface area (Å²) >= 11 is 19.5. The molecule has 1 aromatic heterocycles. The molecule has 0 spiro atoms. The van der Waals surface area contributed by atoms with Crippen molar-refractivity contribution >= 4 is 74.5 Å². The summed E-state index contributed by atoms with van der Waals surface area (Å²) in [6, 6.07) is 2.77. The Kier molecular flexibility index (Phi) is 7.98. The second-order valence-corrected chi connectivity index (χ2v) is 8.79. The largest absolute Gasteiger partial charge is 0.465 e. The SMILES string of the molecule is COC(=O)c1cc(Br)cnc1N(Cc1ccc(F)cc1F)C(=O)NC(=O)C(Cl)(Cl)Cl. The number of alkyl halides is 3. The van der Waals surface area contributed by atoms with E-state index in [0.717, 1.165) is 24.1 Å². The van der Waals surface area contributed by atoms with E-state index in [4.69, 9.17) is 34.8 Å². The first-order valence-electron chi connectivity index (χ1n) is 7.81. The number of aromatic nitrogens is 1. The number of imide groups is 1. The van der Waals surface area contributed by atoms with Crippen molar-refractivity contribution in [1.29, 1.82) is 0 Å². The molecule has 1 heterocycles. The van der Waals surface area contributed by atoms with Gasteiger partial charge in [0.15, 0.2) is 5.82 Å². The Morgan fingerprint density at radius 2 is 1.90 bits per heavy atom.